The topological polar surface area (TPSA) is 70.4 Å². The van der Waals surface area contributed by atoms with Gasteiger partial charge in [-0.2, -0.15) is 5.10 Å². The average molecular weight is 280 g/mol. The van der Waals surface area contributed by atoms with Crippen molar-refractivity contribution in [3.63, 3.8) is 0 Å². The molecule has 1 amide bonds. The normalized spacial score (nSPS) is 18.9. The molecule has 0 spiro atoms. The van der Waals surface area contributed by atoms with Gasteiger partial charge in [0.1, 0.15) is 5.69 Å². The van der Waals surface area contributed by atoms with Crippen LogP contribution >= 0.6 is 0 Å². The van der Waals surface area contributed by atoms with Crippen molar-refractivity contribution < 1.29 is 9.90 Å². The van der Waals surface area contributed by atoms with Crippen LogP contribution in [0.5, 0.6) is 0 Å². The molecule has 0 radical (unpaired) electrons. The summed E-state index contributed by atoms with van der Waals surface area (Å²) >= 11 is 0. The third-order valence-electron chi connectivity index (χ3n) is 3.90. The minimum Gasteiger partial charge on any atom is -0.390 e. The molecule has 1 aliphatic rings. The van der Waals surface area contributed by atoms with Crippen LogP contribution in [-0.2, 0) is 7.05 Å². The molecule has 6 heteroatoms. The van der Waals surface area contributed by atoms with Gasteiger partial charge in [0.25, 0.3) is 5.91 Å². The number of carbonyl (C=O) groups is 1. The van der Waals surface area contributed by atoms with Crippen LogP contribution in [0.1, 0.15) is 30.3 Å². The van der Waals surface area contributed by atoms with Gasteiger partial charge in [-0.25, -0.2) is 0 Å². The monoisotopic (exact) mass is 280 g/mol. The molecular formula is C14H24N4O2. The molecule has 1 saturated heterocycles. The SMILES string of the molecule is CC1CCN(CC(O)CNC(=O)c2ccnn2C)CC1. The van der Waals surface area contributed by atoms with E-state index in [2.05, 4.69) is 22.2 Å². The summed E-state index contributed by atoms with van der Waals surface area (Å²) in [5.74, 6) is 0.587. The van der Waals surface area contributed by atoms with Crippen LogP contribution in [0.4, 0.5) is 0 Å². The molecular weight excluding hydrogens is 256 g/mol. The third-order valence-corrected chi connectivity index (χ3v) is 3.90. The summed E-state index contributed by atoms with van der Waals surface area (Å²) in [7, 11) is 1.72. The number of hydrogen-bond donors (Lipinski definition) is 2. The van der Waals surface area contributed by atoms with E-state index in [0.717, 1.165) is 19.0 Å². The highest BCUT2D eigenvalue weighted by atomic mass is 16.3. The summed E-state index contributed by atoms with van der Waals surface area (Å²) in [6.45, 7) is 5.23. The number of carbonyl (C=O) groups excluding carboxylic acids is 1. The Morgan fingerprint density at radius 3 is 2.85 bits per heavy atom. The molecule has 6 nitrogen and oxygen atoms in total. The number of amides is 1. The summed E-state index contributed by atoms with van der Waals surface area (Å²) in [4.78, 5) is 14.1. The zero-order chi connectivity index (χ0) is 14.5. The number of likely N-dealkylation sites (tertiary alicyclic amines) is 1. The smallest absolute Gasteiger partial charge is 0.269 e. The molecule has 2 heterocycles. The molecule has 1 aromatic heterocycles. The minimum absolute atomic E-state index is 0.198. The number of rotatable bonds is 5. The maximum Gasteiger partial charge on any atom is 0.269 e. The maximum absolute atomic E-state index is 11.9. The van der Waals surface area contributed by atoms with Gasteiger partial charge in [0.05, 0.1) is 6.10 Å². The molecule has 1 atom stereocenters. The second-order valence-corrected chi connectivity index (χ2v) is 5.69. The van der Waals surface area contributed by atoms with Gasteiger partial charge in [-0.15, -0.1) is 0 Å². The van der Waals surface area contributed by atoms with E-state index >= 15 is 0 Å². The first kappa shape index (κ1) is 15.0. The van der Waals surface area contributed by atoms with E-state index in [9.17, 15) is 9.90 Å². The fourth-order valence-electron chi connectivity index (χ4n) is 2.50. The van der Waals surface area contributed by atoms with Crippen molar-refractivity contribution in [2.75, 3.05) is 26.2 Å². The standard InChI is InChI=1S/C14H24N4O2/c1-11-4-7-18(8-5-11)10-12(19)9-15-14(20)13-3-6-16-17(13)2/h3,6,11-12,19H,4-5,7-10H2,1-2H3,(H,15,20). The summed E-state index contributed by atoms with van der Waals surface area (Å²) < 4.78 is 1.52. The first-order chi connectivity index (χ1) is 9.56. The average Bonchev–Trinajstić information content (AvgIpc) is 2.85. The lowest BCUT2D eigenvalue weighted by molar-refractivity contribution is 0.0790. The Labute approximate surface area is 119 Å². The third kappa shape index (κ3) is 4.05. The number of hydrogen-bond acceptors (Lipinski definition) is 4. The van der Waals surface area contributed by atoms with E-state index in [1.165, 1.54) is 17.5 Å². The predicted molar refractivity (Wildman–Crippen MR) is 76.4 cm³/mol. The van der Waals surface area contributed by atoms with Gasteiger partial charge in [-0.05, 0) is 37.9 Å². The first-order valence-corrected chi connectivity index (χ1v) is 7.23. The van der Waals surface area contributed by atoms with E-state index in [1.807, 2.05) is 0 Å². The molecule has 0 bridgehead atoms. The molecule has 0 aliphatic carbocycles. The van der Waals surface area contributed by atoms with Crippen LogP contribution in [0.3, 0.4) is 0 Å². The van der Waals surface area contributed by atoms with Crippen molar-refractivity contribution in [2.24, 2.45) is 13.0 Å². The summed E-state index contributed by atoms with van der Waals surface area (Å²) in [6.07, 6.45) is 3.43. The van der Waals surface area contributed by atoms with Gasteiger partial charge in [-0.3, -0.25) is 9.48 Å². The summed E-state index contributed by atoms with van der Waals surface area (Å²) in [6, 6.07) is 1.66. The highest BCUT2D eigenvalue weighted by molar-refractivity contribution is 5.92. The van der Waals surface area contributed by atoms with Crippen molar-refractivity contribution in [3.05, 3.63) is 18.0 Å². The fourth-order valence-corrected chi connectivity index (χ4v) is 2.50. The number of nitrogens with zero attached hydrogens (tertiary/aromatic N) is 3. The first-order valence-electron chi connectivity index (χ1n) is 7.23. The van der Waals surface area contributed by atoms with Gasteiger partial charge in [-0.1, -0.05) is 6.92 Å². The molecule has 2 rings (SSSR count). The van der Waals surface area contributed by atoms with E-state index in [0.29, 0.717) is 12.2 Å². The number of aromatic nitrogens is 2. The van der Waals surface area contributed by atoms with Gasteiger partial charge in [0.15, 0.2) is 0 Å². The number of aliphatic hydroxyl groups is 1. The summed E-state index contributed by atoms with van der Waals surface area (Å²) in [5.41, 5.74) is 0.504. The largest absolute Gasteiger partial charge is 0.390 e. The Morgan fingerprint density at radius 2 is 2.25 bits per heavy atom. The van der Waals surface area contributed by atoms with E-state index < -0.39 is 6.10 Å². The van der Waals surface area contributed by atoms with Crippen LogP contribution in [-0.4, -0.2) is 58.0 Å². The van der Waals surface area contributed by atoms with Crippen molar-refractivity contribution in [2.45, 2.75) is 25.9 Å². The van der Waals surface area contributed by atoms with E-state index in [-0.39, 0.29) is 12.5 Å². The second kappa shape index (κ2) is 6.85. The quantitative estimate of drug-likeness (QED) is 0.811. The lowest BCUT2D eigenvalue weighted by Gasteiger charge is -2.31. The fraction of sp³-hybridized carbons (Fsp3) is 0.714. The van der Waals surface area contributed by atoms with Crippen molar-refractivity contribution in [1.29, 1.82) is 0 Å². The number of β-amino-alcohol motifs (C(OH)–C–C–N with tert-alkyl or cyclic N) is 1. The molecule has 1 aromatic rings. The number of nitrogens with one attached hydrogen (secondary N) is 1. The minimum atomic E-state index is -0.527. The zero-order valence-corrected chi connectivity index (χ0v) is 12.2. The van der Waals surface area contributed by atoms with Crippen molar-refractivity contribution in [3.8, 4) is 0 Å². The number of aliphatic hydroxyl groups excluding tert-OH is 1. The lowest BCUT2D eigenvalue weighted by Crippen LogP contribution is -2.43. The van der Waals surface area contributed by atoms with Crippen LogP contribution in [0.15, 0.2) is 12.3 Å². The van der Waals surface area contributed by atoms with Crippen molar-refractivity contribution in [1.82, 2.24) is 20.0 Å². The van der Waals surface area contributed by atoms with E-state index in [1.54, 1.807) is 19.3 Å². The molecule has 0 aromatic carbocycles. The van der Waals surface area contributed by atoms with Crippen molar-refractivity contribution >= 4 is 5.91 Å². The highest BCUT2D eigenvalue weighted by Gasteiger charge is 2.19. The zero-order valence-electron chi connectivity index (χ0n) is 12.2. The van der Waals surface area contributed by atoms with Crippen LogP contribution in [0.25, 0.3) is 0 Å². The molecule has 112 valence electrons. The Balaban J connectivity index is 1.71. The highest BCUT2D eigenvalue weighted by Crippen LogP contribution is 2.15. The maximum atomic E-state index is 11.9. The molecule has 1 fully saturated rings. The van der Waals surface area contributed by atoms with Gasteiger partial charge in [0.2, 0.25) is 0 Å². The molecule has 20 heavy (non-hydrogen) atoms. The second-order valence-electron chi connectivity index (χ2n) is 5.69. The van der Waals surface area contributed by atoms with Crippen LogP contribution < -0.4 is 5.32 Å². The molecule has 1 unspecified atom stereocenters. The Hall–Kier alpha value is -1.40. The van der Waals surface area contributed by atoms with Crippen LogP contribution in [0, 0.1) is 5.92 Å². The lowest BCUT2D eigenvalue weighted by atomic mass is 9.99. The Kier molecular flexibility index (Phi) is 5.14. The van der Waals surface area contributed by atoms with Gasteiger partial charge >= 0.3 is 0 Å². The van der Waals surface area contributed by atoms with Gasteiger partial charge < -0.3 is 15.3 Å². The van der Waals surface area contributed by atoms with Gasteiger partial charge in [0, 0.05) is 26.3 Å². The Bertz CT molecular complexity index is 438. The van der Waals surface area contributed by atoms with Crippen LogP contribution in [0.2, 0.25) is 0 Å². The molecule has 0 saturated carbocycles. The molecule has 1 aliphatic heterocycles. The van der Waals surface area contributed by atoms with E-state index in [4.69, 9.17) is 0 Å². The number of piperidine rings is 1. The predicted octanol–water partition coefficient (Wildman–Crippen LogP) is 0.243. The summed E-state index contributed by atoms with van der Waals surface area (Å²) in [5, 5.41) is 16.7. The Morgan fingerprint density at radius 1 is 1.55 bits per heavy atom. The number of aryl methyl sites for hydroxylation is 1. The molecule has 2 N–H and O–H groups in total.